The maximum absolute atomic E-state index is 10.9. The van der Waals surface area contributed by atoms with Crippen LogP contribution in [0.5, 0.6) is 0 Å². The lowest BCUT2D eigenvalue weighted by molar-refractivity contribution is -0.108. The highest BCUT2D eigenvalue weighted by molar-refractivity contribution is 7.94. The third-order valence-corrected chi connectivity index (χ3v) is 3.07. The van der Waals surface area contributed by atoms with E-state index in [9.17, 15) is 13.2 Å². The summed E-state index contributed by atoms with van der Waals surface area (Å²) in [7, 11) is -3.07. The summed E-state index contributed by atoms with van der Waals surface area (Å²) in [6, 6.07) is -0.343. The van der Waals surface area contributed by atoms with Crippen LogP contribution in [0.2, 0.25) is 0 Å². The largest absolute Gasteiger partial charge is 0.355 e. The second-order valence-electron chi connectivity index (χ2n) is 2.50. The molecule has 0 aromatic rings. The fourth-order valence-electron chi connectivity index (χ4n) is 0.929. The summed E-state index contributed by atoms with van der Waals surface area (Å²) in [5, 5.41) is 6.13. The van der Waals surface area contributed by atoms with Gasteiger partial charge in [0.2, 0.25) is 6.41 Å². The van der Waals surface area contributed by atoms with Gasteiger partial charge in [0.25, 0.3) is 0 Å². The molecule has 1 aliphatic heterocycles. The van der Waals surface area contributed by atoms with Gasteiger partial charge in [0.1, 0.15) is 0 Å². The Morgan fingerprint density at radius 2 is 2.31 bits per heavy atom. The van der Waals surface area contributed by atoms with Crippen LogP contribution in [0.1, 0.15) is 0 Å². The molecule has 1 aliphatic rings. The van der Waals surface area contributed by atoms with Crippen molar-refractivity contribution in [1.29, 1.82) is 0 Å². The predicted octanol–water partition coefficient (Wildman–Crippen LogP) is -1.08. The van der Waals surface area contributed by atoms with Gasteiger partial charge in [-0.15, -0.1) is 0 Å². The van der Waals surface area contributed by atoms with Crippen LogP contribution in [-0.2, 0) is 14.6 Å². The van der Waals surface area contributed by atoms with Crippen LogP contribution in [0.25, 0.3) is 0 Å². The highest BCUT2D eigenvalue weighted by atomic mass is 32.2. The molecule has 0 bridgehead atoms. The molecule has 0 spiro atoms. The molecule has 1 unspecified atom stereocenters. The molecule has 1 heterocycles. The zero-order valence-electron chi connectivity index (χ0n) is 6.56. The normalized spacial score (nSPS) is 23.8. The van der Waals surface area contributed by atoms with Gasteiger partial charge in [-0.25, -0.2) is 8.42 Å². The number of amides is 1. The molecule has 0 saturated heterocycles. The maximum Gasteiger partial charge on any atom is 0.213 e. The second-order valence-corrected chi connectivity index (χ2v) is 4.84. The molecular weight excluding hydrogens is 212 g/mol. The minimum Gasteiger partial charge on any atom is -0.355 e. The maximum atomic E-state index is 10.9. The van der Waals surface area contributed by atoms with Gasteiger partial charge in [0.15, 0.2) is 14.9 Å². The number of hydrogen-bond acceptors (Lipinski definition) is 4. The Morgan fingerprint density at radius 1 is 1.62 bits per heavy atom. The standard InChI is InChI=1S/C6H8N2O3S2/c9-4-7-6(12)8-5-1-2-13(10,11)3-5/h1-2,4-5H,3H2,(H2,7,8,9,12). The van der Waals surface area contributed by atoms with E-state index in [0.29, 0.717) is 6.41 Å². The van der Waals surface area contributed by atoms with Crippen molar-refractivity contribution >= 4 is 33.6 Å². The summed E-state index contributed by atoms with van der Waals surface area (Å²) >= 11 is 4.68. The molecule has 0 saturated carbocycles. The quantitative estimate of drug-likeness (QED) is 0.457. The van der Waals surface area contributed by atoms with Gasteiger partial charge in [-0.05, 0) is 18.3 Å². The van der Waals surface area contributed by atoms with Crippen LogP contribution in [0, 0.1) is 0 Å². The van der Waals surface area contributed by atoms with Crippen molar-refractivity contribution in [3.8, 4) is 0 Å². The summed E-state index contributed by atoms with van der Waals surface area (Å²) < 4.78 is 21.8. The number of carbonyl (C=O) groups is 1. The van der Waals surface area contributed by atoms with Crippen LogP contribution in [-0.4, -0.2) is 31.7 Å². The van der Waals surface area contributed by atoms with E-state index >= 15 is 0 Å². The van der Waals surface area contributed by atoms with Crippen molar-refractivity contribution < 1.29 is 13.2 Å². The summed E-state index contributed by atoms with van der Waals surface area (Å²) in [6.45, 7) is 0. The molecule has 5 nitrogen and oxygen atoms in total. The Hall–Kier alpha value is -0.950. The Labute approximate surface area is 81.1 Å². The zero-order chi connectivity index (χ0) is 9.90. The molecule has 1 atom stereocenters. The first-order chi connectivity index (χ1) is 6.03. The van der Waals surface area contributed by atoms with Gasteiger partial charge < -0.3 is 10.6 Å². The summed E-state index contributed by atoms with van der Waals surface area (Å²) in [4.78, 5) is 9.94. The van der Waals surface area contributed by atoms with E-state index in [1.807, 2.05) is 0 Å². The number of hydrogen-bond donors (Lipinski definition) is 2. The van der Waals surface area contributed by atoms with E-state index in [0.717, 1.165) is 5.41 Å². The van der Waals surface area contributed by atoms with Crippen molar-refractivity contribution in [3.05, 3.63) is 11.5 Å². The summed E-state index contributed by atoms with van der Waals surface area (Å²) in [5.74, 6) is -0.0202. The lowest BCUT2D eigenvalue weighted by Crippen LogP contribution is -2.41. The Morgan fingerprint density at radius 3 is 2.77 bits per heavy atom. The van der Waals surface area contributed by atoms with E-state index in [1.165, 1.54) is 6.08 Å². The number of sulfone groups is 1. The van der Waals surface area contributed by atoms with Crippen molar-refractivity contribution in [2.45, 2.75) is 6.04 Å². The van der Waals surface area contributed by atoms with E-state index in [2.05, 4.69) is 22.9 Å². The van der Waals surface area contributed by atoms with Crippen molar-refractivity contribution in [2.24, 2.45) is 0 Å². The molecule has 72 valence electrons. The molecule has 1 rings (SSSR count). The Bertz CT molecular complexity index is 347. The first-order valence-electron chi connectivity index (χ1n) is 3.45. The summed E-state index contributed by atoms with van der Waals surface area (Å²) in [6.07, 6.45) is 1.93. The fourth-order valence-corrected chi connectivity index (χ4v) is 2.36. The topological polar surface area (TPSA) is 75.3 Å². The molecule has 7 heteroatoms. The van der Waals surface area contributed by atoms with Gasteiger partial charge in [-0.3, -0.25) is 4.79 Å². The van der Waals surface area contributed by atoms with Gasteiger partial charge >= 0.3 is 0 Å². The van der Waals surface area contributed by atoms with Crippen molar-refractivity contribution in [1.82, 2.24) is 10.6 Å². The van der Waals surface area contributed by atoms with Crippen LogP contribution in [0.4, 0.5) is 0 Å². The minimum absolute atomic E-state index is 0.0202. The second kappa shape index (κ2) is 3.84. The molecule has 0 fully saturated rings. The Balaban J connectivity index is 2.46. The average molecular weight is 220 g/mol. The highest BCUT2D eigenvalue weighted by Gasteiger charge is 2.21. The molecule has 0 radical (unpaired) electrons. The SMILES string of the molecule is O=CNC(=S)NC1C=CS(=O)(=O)C1. The first kappa shape index (κ1) is 10.1. The van der Waals surface area contributed by atoms with Gasteiger partial charge in [-0.2, -0.15) is 0 Å². The highest BCUT2D eigenvalue weighted by Crippen LogP contribution is 2.07. The fraction of sp³-hybridized carbons (Fsp3) is 0.333. The van der Waals surface area contributed by atoms with Crippen molar-refractivity contribution in [2.75, 3.05) is 5.75 Å². The van der Waals surface area contributed by atoms with Crippen LogP contribution in [0.3, 0.4) is 0 Å². The average Bonchev–Trinajstić information content (AvgIpc) is 2.30. The third kappa shape index (κ3) is 3.11. The van der Waals surface area contributed by atoms with Crippen molar-refractivity contribution in [3.63, 3.8) is 0 Å². The number of nitrogens with one attached hydrogen (secondary N) is 2. The van der Waals surface area contributed by atoms with Gasteiger partial charge in [0, 0.05) is 5.41 Å². The number of rotatable bonds is 2. The molecular formula is C6H8N2O3S2. The number of carbonyl (C=O) groups excluding carboxylic acids is 1. The van der Waals surface area contributed by atoms with Crippen LogP contribution >= 0.6 is 12.2 Å². The molecule has 0 aromatic heterocycles. The smallest absolute Gasteiger partial charge is 0.213 e. The van der Waals surface area contributed by atoms with E-state index < -0.39 is 9.84 Å². The molecule has 0 aliphatic carbocycles. The van der Waals surface area contributed by atoms with Crippen LogP contribution in [0.15, 0.2) is 11.5 Å². The predicted molar refractivity (Wildman–Crippen MR) is 51.6 cm³/mol. The Kier molecular flexibility index (Phi) is 2.99. The lowest BCUT2D eigenvalue weighted by Gasteiger charge is -2.10. The summed E-state index contributed by atoms with van der Waals surface area (Å²) in [5.41, 5.74) is 0. The number of thiocarbonyl (C=S) groups is 1. The lowest BCUT2D eigenvalue weighted by atomic mass is 10.3. The minimum atomic E-state index is -3.07. The monoisotopic (exact) mass is 220 g/mol. The third-order valence-electron chi connectivity index (χ3n) is 1.44. The van der Waals surface area contributed by atoms with E-state index in [-0.39, 0.29) is 16.9 Å². The van der Waals surface area contributed by atoms with E-state index in [4.69, 9.17) is 0 Å². The molecule has 2 N–H and O–H groups in total. The van der Waals surface area contributed by atoms with Crippen LogP contribution < -0.4 is 10.6 Å². The molecule has 1 amide bonds. The van der Waals surface area contributed by atoms with E-state index in [1.54, 1.807) is 0 Å². The molecule has 0 aromatic carbocycles. The van der Waals surface area contributed by atoms with Gasteiger partial charge in [0.05, 0.1) is 11.8 Å². The van der Waals surface area contributed by atoms with Gasteiger partial charge in [-0.1, -0.05) is 0 Å². The zero-order valence-corrected chi connectivity index (χ0v) is 8.19. The first-order valence-corrected chi connectivity index (χ1v) is 5.57. The molecule has 13 heavy (non-hydrogen) atoms.